The Balaban J connectivity index is 1.59. The molecule has 118 valence electrons. The third-order valence-corrected chi connectivity index (χ3v) is 6.07. The van der Waals surface area contributed by atoms with Gasteiger partial charge in [0.25, 0.3) is 0 Å². The van der Waals surface area contributed by atoms with Crippen molar-refractivity contribution < 1.29 is 4.79 Å². The van der Waals surface area contributed by atoms with E-state index in [1.165, 1.54) is 4.88 Å². The van der Waals surface area contributed by atoms with Crippen LogP contribution in [0, 0.1) is 6.92 Å². The number of aryl methyl sites for hydroxylation is 1. The molecule has 3 nitrogen and oxygen atoms in total. The van der Waals surface area contributed by atoms with Crippen molar-refractivity contribution >= 4 is 44.5 Å². The summed E-state index contributed by atoms with van der Waals surface area (Å²) in [5, 5.41) is 6.05. The number of halogens is 1. The lowest BCUT2D eigenvalue weighted by molar-refractivity contribution is -0.120. The molecule has 0 saturated carbocycles. The summed E-state index contributed by atoms with van der Waals surface area (Å²) in [6.07, 6.45) is 0.392. The van der Waals surface area contributed by atoms with Crippen LogP contribution in [0.15, 0.2) is 46.3 Å². The average molecular weight is 407 g/mol. The smallest absolute Gasteiger partial charge is 0.224 e. The zero-order valence-corrected chi connectivity index (χ0v) is 15.7. The molecule has 23 heavy (non-hydrogen) atoms. The van der Waals surface area contributed by atoms with Crippen LogP contribution in [0.25, 0.3) is 9.88 Å². The average Bonchev–Trinajstić information content (AvgIpc) is 3.17. The van der Waals surface area contributed by atoms with Gasteiger partial charge in [-0.3, -0.25) is 4.79 Å². The van der Waals surface area contributed by atoms with Crippen LogP contribution in [0.4, 0.5) is 0 Å². The molecule has 2 heterocycles. The summed E-state index contributed by atoms with van der Waals surface area (Å²) in [5.74, 6) is 0.0257. The fourth-order valence-electron chi connectivity index (χ4n) is 2.13. The molecule has 1 aromatic carbocycles. The fraction of sp³-hybridized carbons (Fsp3) is 0.176. The quantitative estimate of drug-likeness (QED) is 0.660. The topological polar surface area (TPSA) is 42.0 Å². The highest BCUT2D eigenvalue weighted by Gasteiger charge is 2.11. The first-order valence-corrected chi connectivity index (χ1v) is 9.62. The molecule has 0 radical (unpaired) electrons. The molecule has 0 unspecified atom stereocenters. The normalized spacial score (nSPS) is 10.7. The van der Waals surface area contributed by atoms with Gasteiger partial charge >= 0.3 is 0 Å². The lowest BCUT2D eigenvalue weighted by Crippen LogP contribution is -2.24. The van der Waals surface area contributed by atoms with E-state index < -0.39 is 0 Å². The molecule has 2 aromatic heterocycles. The second-order valence-electron chi connectivity index (χ2n) is 5.08. The van der Waals surface area contributed by atoms with Crippen molar-refractivity contribution in [2.24, 2.45) is 0 Å². The Morgan fingerprint density at radius 2 is 2.04 bits per heavy atom. The Bertz CT molecular complexity index is 795. The number of nitrogens with zero attached hydrogens (tertiary/aromatic N) is 1. The maximum absolute atomic E-state index is 12.1. The van der Waals surface area contributed by atoms with E-state index in [-0.39, 0.29) is 5.91 Å². The molecule has 0 saturated heterocycles. The molecule has 3 rings (SSSR count). The fourth-order valence-corrected chi connectivity index (χ4v) is 4.19. The highest BCUT2D eigenvalue weighted by Crippen LogP contribution is 2.30. The van der Waals surface area contributed by atoms with E-state index in [1.807, 2.05) is 42.6 Å². The van der Waals surface area contributed by atoms with E-state index in [9.17, 15) is 4.79 Å². The number of aromatic nitrogens is 1. The summed E-state index contributed by atoms with van der Waals surface area (Å²) in [6.45, 7) is 2.52. The minimum atomic E-state index is 0.0257. The predicted molar refractivity (Wildman–Crippen MR) is 99.9 cm³/mol. The number of thiazole rings is 1. The van der Waals surface area contributed by atoms with Crippen molar-refractivity contribution in [1.82, 2.24) is 10.3 Å². The van der Waals surface area contributed by atoms with Crippen molar-refractivity contribution in [3.8, 4) is 9.88 Å². The Morgan fingerprint density at radius 1 is 1.26 bits per heavy atom. The molecule has 0 atom stereocenters. The van der Waals surface area contributed by atoms with Crippen LogP contribution < -0.4 is 5.32 Å². The Kier molecular flexibility index (Phi) is 5.25. The van der Waals surface area contributed by atoms with Crippen molar-refractivity contribution in [2.75, 3.05) is 0 Å². The molecule has 0 bridgehead atoms. The minimum Gasteiger partial charge on any atom is -0.351 e. The molecule has 0 aliphatic heterocycles. The molecule has 0 aliphatic rings. The van der Waals surface area contributed by atoms with E-state index in [1.54, 1.807) is 22.7 Å². The standard InChI is InChI=1S/C17H15BrN2OS2/c1-11-15(23-17(20-11)14-3-2-8-22-14)10-19-16(21)9-12-4-6-13(18)7-5-12/h2-8H,9-10H2,1H3,(H,19,21). The highest BCUT2D eigenvalue weighted by atomic mass is 79.9. The first-order valence-electron chi connectivity index (χ1n) is 7.13. The number of carbonyl (C=O) groups excluding carboxylic acids is 1. The second kappa shape index (κ2) is 7.38. The van der Waals surface area contributed by atoms with Crippen molar-refractivity contribution in [3.63, 3.8) is 0 Å². The number of thiophene rings is 1. The van der Waals surface area contributed by atoms with Gasteiger partial charge in [-0.05, 0) is 36.1 Å². The van der Waals surface area contributed by atoms with Gasteiger partial charge in [-0.2, -0.15) is 0 Å². The molecule has 3 aromatic rings. The van der Waals surface area contributed by atoms with Crippen LogP contribution >= 0.6 is 38.6 Å². The van der Waals surface area contributed by atoms with E-state index in [4.69, 9.17) is 0 Å². The lowest BCUT2D eigenvalue weighted by atomic mass is 10.1. The van der Waals surface area contributed by atoms with Crippen LogP contribution in [-0.4, -0.2) is 10.9 Å². The maximum atomic E-state index is 12.1. The second-order valence-corrected chi connectivity index (χ2v) is 8.03. The van der Waals surface area contributed by atoms with Gasteiger partial charge in [-0.15, -0.1) is 22.7 Å². The first-order chi connectivity index (χ1) is 11.1. The summed E-state index contributed by atoms with van der Waals surface area (Å²) in [7, 11) is 0. The number of carbonyl (C=O) groups is 1. The number of amides is 1. The molecule has 0 aliphatic carbocycles. The van der Waals surface area contributed by atoms with Crippen LogP contribution in [0.3, 0.4) is 0 Å². The van der Waals surface area contributed by atoms with Gasteiger partial charge in [0.15, 0.2) is 0 Å². The highest BCUT2D eigenvalue weighted by molar-refractivity contribution is 9.10. The van der Waals surface area contributed by atoms with Gasteiger partial charge in [-0.25, -0.2) is 4.98 Å². The van der Waals surface area contributed by atoms with Crippen LogP contribution in [-0.2, 0) is 17.8 Å². The Morgan fingerprint density at radius 3 is 2.74 bits per heavy atom. The molecule has 1 N–H and O–H groups in total. The van der Waals surface area contributed by atoms with Gasteiger partial charge in [0.1, 0.15) is 5.01 Å². The molecular weight excluding hydrogens is 392 g/mol. The van der Waals surface area contributed by atoms with E-state index in [2.05, 4.69) is 32.3 Å². The number of rotatable bonds is 5. The van der Waals surface area contributed by atoms with Crippen LogP contribution in [0.5, 0.6) is 0 Å². The summed E-state index contributed by atoms with van der Waals surface area (Å²) in [5.41, 5.74) is 1.99. The van der Waals surface area contributed by atoms with Gasteiger partial charge < -0.3 is 5.32 Å². The first kappa shape index (κ1) is 16.4. The summed E-state index contributed by atoms with van der Waals surface area (Å²) in [4.78, 5) is 19.0. The minimum absolute atomic E-state index is 0.0257. The van der Waals surface area contributed by atoms with Crippen molar-refractivity contribution in [2.45, 2.75) is 19.9 Å². The number of hydrogen-bond acceptors (Lipinski definition) is 4. The zero-order chi connectivity index (χ0) is 16.2. The van der Waals surface area contributed by atoms with Crippen LogP contribution in [0.2, 0.25) is 0 Å². The maximum Gasteiger partial charge on any atom is 0.224 e. The van der Waals surface area contributed by atoms with Gasteiger partial charge in [0.05, 0.1) is 23.5 Å². The Hall–Kier alpha value is -1.50. The van der Waals surface area contributed by atoms with Crippen molar-refractivity contribution in [1.29, 1.82) is 0 Å². The van der Waals surface area contributed by atoms with Crippen molar-refractivity contribution in [3.05, 3.63) is 62.4 Å². The molecule has 0 spiro atoms. The number of nitrogens with one attached hydrogen (secondary N) is 1. The number of hydrogen-bond donors (Lipinski definition) is 1. The van der Waals surface area contributed by atoms with E-state index in [0.29, 0.717) is 13.0 Å². The number of benzene rings is 1. The largest absolute Gasteiger partial charge is 0.351 e. The monoisotopic (exact) mass is 406 g/mol. The Labute approximate surface area is 151 Å². The van der Waals surface area contributed by atoms with E-state index in [0.717, 1.165) is 25.6 Å². The van der Waals surface area contributed by atoms with Crippen LogP contribution in [0.1, 0.15) is 16.1 Å². The molecule has 6 heteroatoms. The lowest BCUT2D eigenvalue weighted by Gasteiger charge is -2.04. The molecule has 0 fully saturated rings. The zero-order valence-electron chi connectivity index (χ0n) is 12.5. The summed E-state index contributed by atoms with van der Waals surface area (Å²) < 4.78 is 1.02. The summed E-state index contributed by atoms with van der Waals surface area (Å²) in [6, 6.07) is 11.9. The van der Waals surface area contributed by atoms with Gasteiger partial charge in [0.2, 0.25) is 5.91 Å². The molecule has 1 amide bonds. The third-order valence-electron chi connectivity index (χ3n) is 3.35. The predicted octanol–water partition coefficient (Wildman–Crippen LogP) is 4.80. The van der Waals surface area contributed by atoms with Gasteiger partial charge in [0, 0.05) is 9.35 Å². The summed E-state index contributed by atoms with van der Waals surface area (Å²) >= 11 is 6.72. The molecular formula is C17H15BrN2OS2. The third kappa shape index (κ3) is 4.28. The van der Waals surface area contributed by atoms with Gasteiger partial charge in [-0.1, -0.05) is 34.1 Å². The van der Waals surface area contributed by atoms with E-state index >= 15 is 0 Å². The SMILES string of the molecule is Cc1nc(-c2cccs2)sc1CNC(=O)Cc1ccc(Br)cc1.